The predicted molar refractivity (Wildman–Crippen MR) is 132 cm³/mol. The molecular weight excluding hydrogens is 426 g/mol. The van der Waals surface area contributed by atoms with Gasteiger partial charge in [0.2, 0.25) is 0 Å². The van der Waals surface area contributed by atoms with Gasteiger partial charge in [0.1, 0.15) is 12.2 Å². The van der Waals surface area contributed by atoms with Gasteiger partial charge in [-0.05, 0) is 80.5 Å². The van der Waals surface area contributed by atoms with E-state index in [1.807, 2.05) is 0 Å². The normalized spacial score (nSPS) is 43.1. The first-order valence-corrected chi connectivity index (χ1v) is 14.1. The fourth-order valence-corrected chi connectivity index (χ4v) is 9.11. The lowest BCUT2D eigenvalue weighted by Gasteiger charge is -2.42. The van der Waals surface area contributed by atoms with Crippen LogP contribution in [0.15, 0.2) is 0 Å². The van der Waals surface area contributed by atoms with Crippen molar-refractivity contribution in [3.8, 4) is 0 Å². The molecule has 0 aromatic heterocycles. The molecule has 5 fully saturated rings. The molecule has 5 heteroatoms. The fourth-order valence-electron chi connectivity index (χ4n) is 9.11. The molecule has 5 nitrogen and oxygen atoms in total. The van der Waals surface area contributed by atoms with Crippen LogP contribution in [0.5, 0.6) is 0 Å². The third-order valence-electron chi connectivity index (χ3n) is 12.7. The first-order valence-electron chi connectivity index (χ1n) is 14.1. The van der Waals surface area contributed by atoms with Crippen LogP contribution < -0.4 is 0 Å². The quantitative estimate of drug-likeness (QED) is 0.377. The lowest BCUT2D eigenvalue weighted by atomic mass is 9.70. The van der Waals surface area contributed by atoms with Crippen LogP contribution in [0.1, 0.15) is 99.3 Å². The molecule has 1 heterocycles. The molecular formula is C29H48NO4+. The van der Waals surface area contributed by atoms with Crippen molar-refractivity contribution in [1.29, 1.82) is 0 Å². The highest BCUT2D eigenvalue weighted by Crippen LogP contribution is 2.67. The predicted octanol–water partition coefficient (Wildman–Crippen LogP) is 5.50. The summed E-state index contributed by atoms with van der Waals surface area (Å²) in [5.74, 6) is 1.07. The van der Waals surface area contributed by atoms with Crippen molar-refractivity contribution in [2.75, 3.05) is 26.2 Å². The first kappa shape index (κ1) is 24.6. The van der Waals surface area contributed by atoms with Gasteiger partial charge in [-0.15, -0.1) is 0 Å². The summed E-state index contributed by atoms with van der Waals surface area (Å²) >= 11 is 0. The van der Waals surface area contributed by atoms with Crippen LogP contribution in [0.3, 0.4) is 0 Å². The van der Waals surface area contributed by atoms with Crippen molar-refractivity contribution in [2.45, 2.75) is 112 Å². The SMILES string of the molecule is CC1(C)[C@H]2CC[C@@]1(C)[C@@H](OC(=O)C[N+]1(CC(=O)O[C@H]3C[C@H]4CC[C@@]3(C)C4(C)C)CCCCC1)C2. The molecule has 5 rings (SSSR count). The maximum Gasteiger partial charge on any atom is 0.362 e. The van der Waals surface area contributed by atoms with Gasteiger partial charge < -0.3 is 14.0 Å². The molecule has 0 unspecified atom stereocenters. The number of hydrogen-bond donors (Lipinski definition) is 0. The number of piperidine rings is 1. The summed E-state index contributed by atoms with van der Waals surface area (Å²) in [6, 6.07) is 0. The van der Waals surface area contributed by atoms with E-state index in [4.69, 9.17) is 9.47 Å². The highest BCUT2D eigenvalue weighted by atomic mass is 16.6. The standard InChI is InChI=1S/C29H48NO4/c1-26(2)20-10-12-28(26,5)22(16-20)33-24(31)18-30(14-8-7-9-15-30)19-25(32)34-23-17-21-11-13-29(23,6)27(21,3)4/h20-23H,7-19H2,1-6H3/q+1/t20-,21+,22-,23-,28-,29+/m0/s1. The lowest BCUT2D eigenvalue weighted by molar-refractivity contribution is -0.919. The molecule has 34 heavy (non-hydrogen) atoms. The summed E-state index contributed by atoms with van der Waals surface area (Å²) in [5, 5.41) is 0. The van der Waals surface area contributed by atoms with E-state index in [-0.39, 0.29) is 45.8 Å². The van der Waals surface area contributed by atoms with Crippen LogP contribution in [0.4, 0.5) is 0 Å². The molecule has 1 saturated heterocycles. The molecule has 1 aliphatic heterocycles. The van der Waals surface area contributed by atoms with E-state index in [2.05, 4.69) is 41.5 Å². The minimum absolute atomic E-state index is 0.0155. The van der Waals surface area contributed by atoms with E-state index in [9.17, 15) is 9.59 Å². The van der Waals surface area contributed by atoms with Gasteiger partial charge in [-0.25, -0.2) is 9.59 Å². The second kappa shape index (κ2) is 7.95. The molecule has 4 bridgehead atoms. The second-order valence-corrected chi connectivity index (χ2v) is 14.3. The lowest BCUT2D eigenvalue weighted by Crippen LogP contribution is -2.58. The number of ether oxygens (including phenoxy) is 2. The van der Waals surface area contributed by atoms with Gasteiger partial charge in [0, 0.05) is 10.8 Å². The highest BCUT2D eigenvalue weighted by Gasteiger charge is 2.64. The fraction of sp³-hybridized carbons (Fsp3) is 0.931. The number of carbonyl (C=O) groups excluding carboxylic acids is 2. The molecule has 0 spiro atoms. The average molecular weight is 475 g/mol. The van der Waals surface area contributed by atoms with E-state index in [1.54, 1.807) is 0 Å². The van der Waals surface area contributed by atoms with Crippen LogP contribution in [-0.2, 0) is 19.1 Å². The average Bonchev–Trinajstić information content (AvgIpc) is 3.26. The van der Waals surface area contributed by atoms with Gasteiger partial charge in [-0.3, -0.25) is 0 Å². The monoisotopic (exact) mass is 474 g/mol. The molecule has 0 aromatic carbocycles. The van der Waals surface area contributed by atoms with Crippen LogP contribution in [0.2, 0.25) is 0 Å². The summed E-state index contributed by atoms with van der Waals surface area (Å²) in [5.41, 5.74) is 0.597. The molecule has 0 aromatic rings. The summed E-state index contributed by atoms with van der Waals surface area (Å²) in [6.45, 7) is 16.4. The van der Waals surface area contributed by atoms with Gasteiger partial charge in [0.15, 0.2) is 13.1 Å². The highest BCUT2D eigenvalue weighted by molar-refractivity contribution is 5.73. The number of fused-ring (bicyclic) bond motifs is 4. The molecule has 0 radical (unpaired) electrons. The number of carbonyl (C=O) groups is 2. The van der Waals surface area contributed by atoms with Crippen LogP contribution in [0, 0.1) is 33.5 Å². The van der Waals surface area contributed by atoms with Gasteiger partial charge >= 0.3 is 11.9 Å². The molecule has 0 amide bonds. The zero-order chi connectivity index (χ0) is 24.6. The Balaban J connectivity index is 1.23. The van der Waals surface area contributed by atoms with Crippen molar-refractivity contribution in [3.05, 3.63) is 0 Å². The first-order chi connectivity index (χ1) is 15.8. The largest absolute Gasteiger partial charge is 0.458 e. The van der Waals surface area contributed by atoms with E-state index >= 15 is 0 Å². The van der Waals surface area contributed by atoms with Gasteiger partial charge in [0.05, 0.1) is 13.1 Å². The van der Waals surface area contributed by atoms with Crippen molar-refractivity contribution >= 4 is 11.9 Å². The van der Waals surface area contributed by atoms with Crippen molar-refractivity contribution in [2.24, 2.45) is 33.5 Å². The van der Waals surface area contributed by atoms with Crippen LogP contribution >= 0.6 is 0 Å². The molecule has 5 aliphatic rings. The minimum Gasteiger partial charge on any atom is -0.458 e. The van der Waals surface area contributed by atoms with Crippen LogP contribution in [0.25, 0.3) is 0 Å². The van der Waals surface area contributed by atoms with Gasteiger partial charge in [0.25, 0.3) is 0 Å². The maximum absolute atomic E-state index is 13.3. The Morgan fingerprint density at radius 3 is 1.44 bits per heavy atom. The number of rotatable bonds is 6. The Kier molecular flexibility index (Phi) is 5.75. The van der Waals surface area contributed by atoms with Crippen molar-refractivity contribution in [3.63, 3.8) is 0 Å². The van der Waals surface area contributed by atoms with Crippen molar-refractivity contribution in [1.82, 2.24) is 0 Å². The molecule has 4 aliphatic carbocycles. The Morgan fingerprint density at radius 1 is 0.706 bits per heavy atom. The van der Waals surface area contributed by atoms with E-state index in [0.717, 1.165) is 51.6 Å². The topological polar surface area (TPSA) is 52.6 Å². The van der Waals surface area contributed by atoms with Crippen molar-refractivity contribution < 1.29 is 23.5 Å². The Labute approximate surface area is 206 Å². The summed E-state index contributed by atoms with van der Waals surface area (Å²) < 4.78 is 12.9. The molecule has 0 N–H and O–H groups in total. The molecule has 192 valence electrons. The van der Waals surface area contributed by atoms with E-state index in [0.29, 0.717) is 29.4 Å². The zero-order valence-corrected chi connectivity index (χ0v) is 22.6. The Bertz CT molecular complexity index is 781. The smallest absolute Gasteiger partial charge is 0.362 e. The summed E-state index contributed by atoms with van der Waals surface area (Å²) in [6.07, 6.45) is 10.1. The third-order valence-corrected chi connectivity index (χ3v) is 12.7. The maximum atomic E-state index is 13.3. The second-order valence-electron chi connectivity index (χ2n) is 14.3. The Morgan fingerprint density at radius 2 is 1.12 bits per heavy atom. The van der Waals surface area contributed by atoms with E-state index in [1.165, 1.54) is 19.3 Å². The summed E-state index contributed by atoms with van der Waals surface area (Å²) in [4.78, 5) is 26.6. The number of likely N-dealkylation sites (tertiary alicyclic amines) is 1. The van der Waals surface area contributed by atoms with Gasteiger partial charge in [-0.2, -0.15) is 0 Å². The Hall–Kier alpha value is -1.10. The number of hydrogen-bond acceptors (Lipinski definition) is 4. The number of nitrogens with zero attached hydrogens (tertiary/aromatic N) is 1. The summed E-state index contributed by atoms with van der Waals surface area (Å²) in [7, 11) is 0. The van der Waals surface area contributed by atoms with Gasteiger partial charge in [-0.1, -0.05) is 41.5 Å². The zero-order valence-electron chi connectivity index (χ0n) is 22.6. The van der Waals surface area contributed by atoms with E-state index < -0.39 is 0 Å². The number of quaternary nitrogens is 1. The third kappa shape index (κ3) is 3.50. The van der Waals surface area contributed by atoms with Crippen LogP contribution in [-0.4, -0.2) is 54.8 Å². The minimum atomic E-state index is -0.114. The molecule has 6 atom stereocenters. The molecule has 4 saturated carbocycles. The number of esters is 2.